The van der Waals surface area contributed by atoms with Crippen molar-refractivity contribution in [2.75, 3.05) is 7.11 Å². The third kappa shape index (κ3) is 4.79. The van der Waals surface area contributed by atoms with Gasteiger partial charge in [0.05, 0.1) is 18.3 Å². The molecule has 0 bridgehead atoms. The van der Waals surface area contributed by atoms with Gasteiger partial charge in [-0.15, -0.1) is 0 Å². The highest BCUT2D eigenvalue weighted by Gasteiger charge is 2.48. The van der Waals surface area contributed by atoms with E-state index in [0.29, 0.717) is 38.5 Å². The van der Waals surface area contributed by atoms with Crippen LogP contribution in [0.1, 0.15) is 45.4 Å². The first kappa shape index (κ1) is 24.8. The van der Waals surface area contributed by atoms with Crippen LogP contribution in [0.5, 0.6) is 0 Å². The van der Waals surface area contributed by atoms with Gasteiger partial charge in [0.25, 0.3) is 0 Å². The number of aliphatic hydroxyl groups is 1. The van der Waals surface area contributed by atoms with Gasteiger partial charge in [-0.05, 0) is 50.7 Å². The summed E-state index contributed by atoms with van der Waals surface area (Å²) in [4.78, 5) is 49.7. The molecule has 6 atom stereocenters. The lowest BCUT2D eigenvalue weighted by atomic mass is 9.74. The lowest BCUT2D eigenvalue weighted by Gasteiger charge is -2.30. The quantitative estimate of drug-likeness (QED) is 0.182. The number of aliphatic hydroxyl groups excluding tert-OH is 1. The Morgan fingerprint density at radius 3 is 2.34 bits per heavy atom. The Labute approximate surface area is 204 Å². The smallest absolute Gasteiger partial charge is 0.217 e. The number of fused-ring (bicyclic) bond motifs is 2. The number of hydrogen-bond acceptors (Lipinski definition) is 7. The first-order chi connectivity index (χ1) is 16.7. The largest absolute Gasteiger partial charge is 0.511 e. The van der Waals surface area contributed by atoms with Crippen LogP contribution < -0.4 is 5.32 Å². The zero-order valence-corrected chi connectivity index (χ0v) is 20.1. The van der Waals surface area contributed by atoms with Gasteiger partial charge in [0, 0.05) is 42.6 Å². The van der Waals surface area contributed by atoms with Gasteiger partial charge in [-0.3, -0.25) is 24.6 Å². The lowest BCUT2D eigenvalue weighted by molar-refractivity contribution is -0.123. The number of rotatable bonds is 5. The van der Waals surface area contributed by atoms with Crippen molar-refractivity contribution in [3.63, 3.8) is 0 Å². The van der Waals surface area contributed by atoms with E-state index in [4.69, 9.17) is 10.1 Å². The van der Waals surface area contributed by atoms with E-state index in [0.717, 1.165) is 0 Å². The molecule has 8 nitrogen and oxygen atoms in total. The fourth-order valence-electron chi connectivity index (χ4n) is 6.13. The molecular formula is C27H32N2O6. The third-order valence-electron chi connectivity index (χ3n) is 7.88. The number of ketones is 3. The first-order valence-electron chi connectivity index (χ1n) is 12.2. The number of hydrogen-bond donors (Lipinski definition) is 3. The first-order valence-corrected chi connectivity index (χ1v) is 12.2. The summed E-state index contributed by atoms with van der Waals surface area (Å²) >= 11 is 0. The molecule has 4 aliphatic rings. The molecule has 0 saturated heterocycles. The Morgan fingerprint density at radius 2 is 1.63 bits per heavy atom. The number of carbonyl (C=O) groups is 4. The van der Waals surface area contributed by atoms with E-state index in [-0.39, 0.29) is 81.7 Å². The number of Topliss-reactive ketones (excluding diaryl/α,β-unsaturated/α-hetero) is 3. The molecule has 8 heteroatoms. The third-order valence-corrected chi connectivity index (χ3v) is 7.88. The number of carbonyl (C=O) groups excluding carboxylic acids is 4. The van der Waals surface area contributed by atoms with Crippen LogP contribution in [-0.2, 0) is 23.9 Å². The van der Waals surface area contributed by atoms with Crippen LogP contribution in [0, 0.1) is 35.0 Å². The van der Waals surface area contributed by atoms with Crippen LogP contribution in [0.3, 0.4) is 0 Å². The highest BCUT2D eigenvalue weighted by atomic mass is 16.5. The molecule has 0 aromatic carbocycles. The monoisotopic (exact) mass is 480 g/mol. The zero-order chi connectivity index (χ0) is 25.3. The molecule has 0 aromatic heterocycles. The Hall–Kier alpha value is -3.29. The minimum Gasteiger partial charge on any atom is -0.511 e. The van der Waals surface area contributed by atoms with Gasteiger partial charge in [0.1, 0.15) is 5.76 Å². The standard InChI is InChI=1S/C27H32N2O6/c1-14(30)29-16-9-11-18-22(13-16)26(34)20(24(18)32)7-5-3-4-6-19-23(31)17-10-8-15(27(28)35-2)12-21(17)25(19)33/h3-7,15-18,21-22,28,33H,8-13H2,1-2H3,(H,29,30). The van der Waals surface area contributed by atoms with Crippen LogP contribution in [-0.4, -0.2) is 47.4 Å². The number of nitrogens with one attached hydrogen (secondary N) is 2. The van der Waals surface area contributed by atoms with Gasteiger partial charge in [0.15, 0.2) is 23.2 Å². The van der Waals surface area contributed by atoms with E-state index in [1.165, 1.54) is 20.1 Å². The summed E-state index contributed by atoms with van der Waals surface area (Å²) in [6, 6.07) is -0.0766. The summed E-state index contributed by atoms with van der Waals surface area (Å²) in [5, 5.41) is 21.4. The molecule has 186 valence electrons. The maximum atomic E-state index is 12.8. The van der Waals surface area contributed by atoms with Crippen molar-refractivity contribution in [3.05, 3.63) is 47.3 Å². The Morgan fingerprint density at radius 1 is 0.943 bits per heavy atom. The van der Waals surface area contributed by atoms with Crippen LogP contribution in [0.4, 0.5) is 0 Å². The van der Waals surface area contributed by atoms with Crippen molar-refractivity contribution in [3.8, 4) is 0 Å². The fraction of sp³-hybridized carbons (Fsp3) is 0.519. The summed E-state index contributed by atoms with van der Waals surface area (Å²) in [7, 11) is 1.46. The van der Waals surface area contributed by atoms with E-state index in [2.05, 4.69) is 5.32 Å². The summed E-state index contributed by atoms with van der Waals surface area (Å²) in [5.41, 5.74) is 0.467. The second kappa shape index (κ2) is 10.1. The van der Waals surface area contributed by atoms with E-state index < -0.39 is 0 Å². The molecule has 0 aliphatic heterocycles. The zero-order valence-electron chi connectivity index (χ0n) is 20.1. The molecule has 0 radical (unpaired) electrons. The Bertz CT molecular complexity index is 1080. The molecule has 3 fully saturated rings. The van der Waals surface area contributed by atoms with Gasteiger partial charge < -0.3 is 15.2 Å². The van der Waals surface area contributed by atoms with Crippen LogP contribution in [0.2, 0.25) is 0 Å². The Kier molecular flexibility index (Phi) is 7.19. The van der Waals surface area contributed by atoms with Gasteiger partial charge in [-0.25, -0.2) is 0 Å². The predicted molar refractivity (Wildman–Crippen MR) is 129 cm³/mol. The number of allylic oxidation sites excluding steroid dienone is 8. The van der Waals surface area contributed by atoms with Gasteiger partial charge in [-0.1, -0.05) is 18.2 Å². The average molecular weight is 481 g/mol. The molecule has 0 aromatic rings. The molecule has 1 amide bonds. The normalized spacial score (nSPS) is 34.1. The summed E-state index contributed by atoms with van der Waals surface area (Å²) in [5.74, 6) is -1.62. The summed E-state index contributed by atoms with van der Waals surface area (Å²) in [6.07, 6.45) is 11.5. The molecule has 4 aliphatic carbocycles. The molecule has 35 heavy (non-hydrogen) atoms. The fourth-order valence-corrected chi connectivity index (χ4v) is 6.13. The van der Waals surface area contributed by atoms with Crippen molar-refractivity contribution < 1.29 is 29.0 Å². The highest BCUT2D eigenvalue weighted by Crippen LogP contribution is 2.45. The van der Waals surface area contributed by atoms with Crippen LogP contribution >= 0.6 is 0 Å². The SMILES string of the molecule is COC(=N)C1CCC2C(=O)C(C=CC=CC=C3C(=O)C4CCC(NC(C)=O)CC4C3=O)=C(O)C2C1. The van der Waals surface area contributed by atoms with Gasteiger partial charge in [0.2, 0.25) is 5.91 Å². The van der Waals surface area contributed by atoms with Crippen molar-refractivity contribution in [1.29, 1.82) is 5.41 Å². The van der Waals surface area contributed by atoms with Gasteiger partial charge >= 0.3 is 0 Å². The molecule has 4 rings (SSSR count). The lowest BCUT2D eigenvalue weighted by Crippen LogP contribution is -2.40. The Balaban J connectivity index is 1.41. The molecule has 0 spiro atoms. The van der Waals surface area contributed by atoms with Crippen molar-refractivity contribution in [2.45, 2.75) is 51.5 Å². The predicted octanol–water partition coefficient (Wildman–Crippen LogP) is 3.15. The van der Waals surface area contributed by atoms with Crippen molar-refractivity contribution in [2.24, 2.45) is 29.6 Å². The molecule has 3 N–H and O–H groups in total. The van der Waals surface area contributed by atoms with E-state index in [9.17, 15) is 24.3 Å². The van der Waals surface area contributed by atoms with E-state index in [1.807, 2.05) is 0 Å². The van der Waals surface area contributed by atoms with E-state index in [1.54, 1.807) is 24.3 Å². The number of ether oxygens (including phenoxy) is 1. The minimum atomic E-state index is -0.381. The topological polar surface area (TPSA) is 134 Å². The minimum absolute atomic E-state index is 0.0653. The van der Waals surface area contributed by atoms with Crippen LogP contribution in [0.15, 0.2) is 47.3 Å². The van der Waals surface area contributed by atoms with E-state index >= 15 is 0 Å². The molecule has 6 unspecified atom stereocenters. The molecular weight excluding hydrogens is 448 g/mol. The number of methoxy groups -OCH3 is 1. The van der Waals surface area contributed by atoms with Crippen molar-refractivity contribution >= 4 is 29.2 Å². The van der Waals surface area contributed by atoms with Gasteiger partial charge in [-0.2, -0.15) is 0 Å². The average Bonchev–Trinajstić information content (AvgIpc) is 3.22. The van der Waals surface area contributed by atoms with Crippen molar-refractivity contribution in [1.82, 2.24) is 5.32 Å². The highest BCUT2D eigenvalue weighted by molar-refractivity contribution is 6.27. The maximum Gasteiger partial charge on any atom is 0.217 e. The second-order valence-corrected chi connectivity index (χ2v) is 9.93. The summed E-state index contributed by atoms with van der Waals surface area (Å²) < 4.78 is 5.03. The molecule has 3 saturated carbocycles. The number of amides is 1. The molecule has 0 heterocycles. The van der Waals surface area contributed by atoms with Crippen LogP contribution in [0.25, 0.3) is 0 Å². The summed E-state index contributed by atoms with van der Waals surface area (Å²) in [6.45, 7) is 1.45. The maximum absolute atomic E-state index is 12.8. The second-order valence-electron chi connectivity index (χ2n) is 9.93.